The molecule has 1 aromatic carbocycles. The molecule has 0 atom stereocenters. The van der Waals surface area contributed by atoms with E-state index in [1.54, 1.807) is 0 Å². The van der Waals surface area contributed by atoms with E-state index in [9.17, 15) is 14.9 Å². The van der Waals surface area contributed by atoms with E-state index in [1.165, 1.54) is 25.1 Å². The molecule has 1 rings (SSSR count). The molecule has 0 fully saturated rings. The molecule has 7 heteroatoms. The second-order valence-electron chi connectivity index (χ2n) is 3.24. The maximum atomic E-state index is 11.1. The molecular formula is C11H8N4O3. The average molecular weight is 244 g/mol. The first-order valence-corrected chi connectivity index (χ1v) is 4.85. The standard InChI is InChI=1S/C11H8N4O3/c1-8(16)10-5-4-9(3-2-6-13-14-12)11(7-10)15(17)18/h4-5,7H,6H2,1H3. The molecule has 0 aromatic heterocycles. The number of azide groups is 1. The lowest BCUT2D eigenvalue weighted by Crippen LogP contribution is -1.97. The summed E-state index contributed by atoms with van der Waals surface area (Å²) in [5.74, 6) is 4.76. The van der Waals surface area contributed by atoms with Gasteiger partial charge < -0.3 is 0 Å². The lowest BCUT2D eigenvalue weighted by atomic mass is 10.1. The largest absolute Gasteiger partial charge is 0.295 e. The zero-order chi connectivity index (χ0) is 13.5. The van der Waals surface area contributed by atoms with E-state index in [1.807, 2.05) is 0 Å². The first-order valence-electron chi connectivity index (χ1n) is 4.85. The first-order chi connectivity index (χ1) is 8.56. The molecule has 0 unspecified atom stereocenters. The Hall–Kier alpha value is -2.84. The van der Waals surface area contributed by atoms with Crippen LogP contribution in [0.15, 0.2) is 23.3 Å². The second-order valence-corrected chi connectivity index (χ2v) is 3.24. The zero-order valence-electron chi connectivity index (χ0n) is 9.45. The van der Waals surface area contributed by atoms with E-state index in [0.717, 1.165) is 0 Å². The van der Waals surface area contributed by atoms with Crippen LogP contribution in [0.5, 0.6) is 0 Å². The SMILES string of the molecule is CC(=O)c1ccc(C#CCN=[N+]=[N-])c([N+](=O)[O-])c1. The fourth-order valence-corrected chi connectivity index (χ4v) is 1.21. The van der Waals surface area contributed by atoms with Crippen molar-refractivity contribution in [2.24, 2.45) is 5.11 Å². The Balaban J connectivity index is 3.18. The zero-order valence-corrected chi connectivity index (χ0v) is 9.45. The van der Waals surface area contributed by atoms with Crippen LogP contribution in [0.2, 0.25) is 0 Å². The van der Waals surface area contributed by atoms with Crippen molar-refractivity contribution in [2.75, 3.05) is 6.54 Å². The van der Waals surface area contributed by atoms with Gasteiger partial charge in [0.05, 0.1) is 11.5 Å². The summed E-state index contributed by atoms with van der Waals surface area (Å²) in [7, 11) is 0. The monoisotopic (exact) mass is 244 g/mol. The maximum absolute atomic E-state index is 11.1. The number of Topliss-reactive ketones (excluding diaryl/α,β-unsaturated/α-hetero) is 1. The molecule has 18 heavy (non-hydrogen) atoms. The van der Waals surface area contributed by atoms with Crippen molar-refractivity contribution in [1.82, 2.24) is 0 Å². The van der Waals surface area contributed by atoms with Crippen molar-refractivity contribution in [2.45, 2.75) is 6.92 Å². The number of nitro groups is 1. The molecule has 0 saturated carbocycles. The molecule has 0 amide bonds. The molecule has 0 saturated heterocycles. The van der Waals surface area contributed by atoms with Crippen LogP contribution in [0.4, 0.5) is 5.69 Å². The van der Waals surface area contributed by atoms with Crippen LogP contribution < -0.4 is 0 Å². The Morgan fingerprint density at radius 2 is 2.33 bits per heavy atom. The third kappa shape index (κ3) is 3.33. The summed E-state index contributed by atoms with van der Waals surface area (Å²) in [5, 5.41) is 14.0. The smallest absolute Gasteiger partial charge is 0.285 e. The second kappa shape index (κ2) is 6.03. The maximum Gasteiger partial charge on any atom is 0.285 e. The number of carbonyl (C=O) groups is 1. The predicted molar refractivity (Wildman–Crippen MR) is 64.0 cm³/mol. The lowest BCUT2D eigenvalue weighted by molar-refractivity contribution is -0.385. The molecule has 0 aliphatic carbocycles. The molecule has 90 valence electrons. The van der Waals surface area contributed by atoms with Crippen molar-refractivity contribution in [1.29, 1.82) is 0 Å². The van der Waals surface area contributed by atoms with Crippen LogP contribution in [-0.2, 0) is 0 Å². The molecule has 0 spiro atoms. The van der Waals surface area contributed by atoms with E-state index in [-0.39, 0.29) is 29.1 Å². The molecular weight excluding hydrogens is 236 g/mol. The number of rotatable bonds is 3. The van der Waals surface area contributed by atoms with Gasteiger partial charge in [-0.1, -0.05) is 17.0 Å². The summed E-state index contributed by atoms with van der Waals surface area (Å²) < 4.78 is 0. The van der Waals surface area contributed by atoms with Crippen molar-refractivity contribution in [3.05, 3.63) is 49.9 Å². The molecule has 7 nitrogen and oxygen atoms in total. The number of benzene rings is 1. The van der Waals surface area contributed by atoms with Crippen LogP contribution in [0.1, 0.15) is 22.8 Å². The fourth-order valence-electron chi connectivity index (χ4n) is 1.21. The van der Waals surface area contributed by atoms with Gasteiger partial charge in [-0.05, 0) is 24.6 Å². The molecule has 0 aliphatic heterocycles. The summed E-state index contributed by atoms with van der Waals surface area (Å²) >= 11 is 0. The van der Waals surface area contributed by atoms with E-state index in [0.29, 0.717) is 0 Å². The van der Waals surface area contributed by atoms with Crippen molar-refractivity contribution in [3.8, 4) is 11.8 Å². The van der Waals surface area contributed by atoms with Gasteiger partial charge in [0, 0.05) is 16.5 Å². The van der Waals surface area contributed by atoms with Gasteiger partial charge in [-0.15, -0.1) is 0 Å². The van der Waals surface area contributed by atoms with Gasteiger partial charge in [-0.3, -0.25) is 14.9 Å². The van der Waals surface area contributed by atoms with E-state index in [4.69, 9.17) is 5.53 Å². The third-order valence-electron chi connectivity index (χ3n) is 2.04. The van der Waals surface area contributed by atoms with Gasteiger partial charge in [-0.25, -0.2) is 0 Å². The minimum atomic E-state index is -0.607. The van der Waals surface area contributed by atoms with Gasteiger partial charge in [0.25, 0.3) is 5.69 Å². The number of hydrogen-bond acceptors (Lipinski definition) is 4. The third-order valence-corrected chi connectivity index (χ3v) is 2.04. The quantitative estimate of drug-likeness (QED) is 0.155. The minimum absolute atomic E-state index is 0.0673. The molecule has 0 N–H and O–H groups in total. The lowest BCUT2D eigenvalue weighted by Gasteiger charge is -1.98. The van der Waals surface area contributed by atoms with Gasteiger partial charge in [0.15, 0.2) is 5.78 Å². The van der Waals surface area contributed by atoms with Crippen LogP contribution in [0, 0.1) is 22.0 Å². The molecule has 1 aromatic rings. The van der Waals surface area contributed by atoms with Gasteiger partial charge >= 0.3 is 0 Å². The Morgan fingerprint density at radius 3 is 2.89 bits per heavy atom. The van der Waals surface area contributed by atoms with Gasteiger partial charge in [0.1, 0.15) is 5.56 Å². The van der Waals surface area contributed by atoms with Crippen molar-refractivity contribution in [3.63, 3.8) is 0 Å². The molecule has 0 radical (unpaired) electrons. The van der Waals surface area contributed by atoms with Crippen molar-refractivity contribution < 1.29 is 9.72 Å². The number of carbonyl (C=O) groups excluding carboxylic acids is 1. The topological polar surface area (TPSA) is 109 Å². The van der Waals surface area contributed by atoms with Crippen LogP contribution in [-0.4, -0.2) is 17.3 Å². The number of ketones is 1. The van der Waals surface area contributed by atoms with E-state index in [2.05, 4.69) is 21.9 Å². The van der Waals surface area contributed by atoms with Crippen LogP contribution in [0.25, 0.3) is 10.4 Å². The summed E-state index contributed by atoms with van der Waals surface area (Å²) in [4.78, 5) is 23.8. The average Bonchev–Trinajstić information content (AvgIpc) is 2.34. The van der Waals surface area contributed by atoms with Gasteiger partial charge in [-0.2, -0.15) is 0 Å². The Kier molecular flexibility index (Phi) is 4.43. The van der Waals surface area contributed by atoms with Crippen LogP contribution in [0.3, 0.4) is 0 Å². The summed E-state index contributed by atoms with van der Waals surface area (Å²) in [5.41, 5.74) is 8.24. The highest BCUT2D eigenvalue weighted by Crippen LogP contribution is 2.19. The summed E-state index contributed by atoms with van der Waals surface area (Å²) in [6, 6.07) is 4.05. The highest BCUT2D eigenvalue weighted by atomic mass is 16.6. The predicted octanol–water partition coefficient (Wildman–Crippen LogP) is 2.46. The Labute approximate surface area is 102 Å². The Morgan fingerprint density at radius 1 is 1.61 bits per heavy atom. The minimum Gasteiger partial charge on any atom is -0.295 e. The fraction of sp³-hybridized carbons (Fsp3) is 0.182. The number of nitro benzene ring substituents is 1. The highest BCUT2D eigenvalue weighted by Gasteiger charge is 2.14. The van der Waals surface area contributed by atoms with Crippen molar-refractivity contribution >= 4 is 11.5 Å². The van der Waals surface area contributed by atoms with Gasteiger partial charge in [0.2, 0.25) is 0 Å². The summed E-state index contributed by atoms with van der Waals surface area (Å²) in [6.07, 6.45) is 0. The molecule has 0 aliphatic rings. The van der Waals surface area contributed by atoms with Crippen LogP contribution >= 0.6 is 0 Å². The first kappa shape index (κ1) is 13.2. The molecule has 0 heterocycles. The normalized spacial score (nSPS) is 8.72. The molecule has 0 bridgehead atoms. The summed E-state index contributed by atoms with van der Waals surface area (Å²) in [6.45, 7) is 1.26. The van der Waals surface area contributed by atoms with E-state index < -0.39 is 4.92 Å². The number of nitrogens with zero attached hydrogens (tertiary/aromatic N) is 4. The number of hydrogen-bond donors (Lipinski definition) is 0. The highest BCUT2D eigenvalue weighted by molar-refractivity contribution is 5.95. The Bertz CT molecular complexity index is 606. The van der Waals surface area contributed by atoms with E-state index >= 15 is 0 Å².